The van der Waals surface area contributed by atoms with Crippen LogP contribution in [0.1, 0.15) is 17.4 Å². The van der Waals surface area contributed by atoms with Gasteiger partial charge in [-0.15, -0.1) is 0 Å². The second-order valence-electron chi connectivity index (χ2n) is 4.08. The van der Waals surface area contributed by atoms with Crippen molar-refractivity contribution in [2.24, 2.45) is 0 Å². The molecule has 0 atom stereocenters. The summed E-state index contributed by atoms with van der Waals surface area (Å²) in [5.41, 5.74) is 1.68. The number of benzene rings is 1. The smallest absolute Gasteiger partial charge is 0.357 e. The quantitative estimate of drug-likeness (QED) is 0.796. The lowest BCUT2D eigenvalue weighted by molar-refractivity contribution is 0.0519. The van der Waals surface area contributed by atoms with Crippen LogP contribution in [0.25, 0.3) is 11.3 Å². The number of hydrogen-bond donors (Lipinski definition) is 0. The molecule has 0 radical (unpaired) electrons. The first kappa shape index (κ1) is 12.4. The Kier molecular flexibility index (Phi) is 3.20. The Bertz CT molecular complexity index is 657. The van der Waals surface area contributed by atoms with E-state index in [2.05, 4.69) is 9.97 Å². The number of nitrogens with zero attached hydrogens (tertiary/aromatic N) is 2. The molecule has 1 aromatic heterocycles. The van der Waals surface area contributed by atoms with Crippen LogP contribution in [0.15, 0.2) is 30.6 Å². The van der Waals surface area contributed by atoms with Gasteiger partial charge >= 0.3 is 5.97 Å². The number of esters is 1. The zero-order valence-electron chi connectivity index (χ0n) is 10.8. The highest BCUT2D eigenvalue weighted by Gasteiger charge is 2.15. The summed E-state index contributed by atoms with van der Waals surface area (Å²) in [6.45, 7) is 2.27. The zero-order chi connectivity index (χ0) is 13.9. The monoisotopic (exact) mass is 272 g/mol. The summed E-state index contributed by atoms with van der Waals surface area (Å²) < 4.78 is 15.5. The first-order valence-electron chi connectivity index (χ1n) is 6.17. The van der Waals surface area contributed by atoms with Gasteiger partial charge in [0.05, 0.1) is 12.3 Å². The lowest BCUT2D eigenvalue weighted by Crippen LogP contribution is -2.07. The van der Waals surface area contributed by atoms with E-state index in [9.17, 15) is 4.79 Å². The number of aromatic nitrogens is 2. The molecule has 0 saturated carbocycles. The van der Waals surface area contributed by atoms with E-state index >= 15 is 0 Å². The molecular formula is C14H12N2O4. The molecule has 0 saturated heterocycles. The molecule has 3 rings (SSSR count). The third-order valence-corrected chi connectivity index (χ3v) is 2.82. The normalized spacial score (nSPS) is 12.2. The average Bonchev–Trinajstić information content (AvgIpc) is 2.95. The second kappa shape index (κ2) is 5.16. The van der Waals surface area contributed by atoms with Gasteiger partial charge in [0.15, 0.2) is 17.2 Å². The first-order chi connectivity index (χ1) is 9.78. The topological polar surface area (TPSA) is 70.5 Å². The van der Waals surface area contributed by atoms with Crippen LogP contribution < -0.4 is 9.47 Å². The number of carbonyl (C=O) groups excluding carboxylic acids is 1. The molecule has 1 aromatic carbocycles. The van der Waals surface area contributed by atoms with Gasteiger partial charge in [0, 0.05) is 5.56 Å². The average molecular weight is 272 g/mol. The molecule has 0 unspecified atom stereocenters. The van der Waals surface area contributed by atoms with Crippen molar-refractivity contribution in [3.63, 3.8) is 0 Å². The summed E-state index contributed by atoms with van der Waals surface area (Å²) in [6, 6.07) is 7.07. The molecule has 2 heterocycles. The Morgan fingerprint density at radius 3 is 2.95 bits per heavy atom. The highest BCUT2D eigenvalue weighted by Crippen LogP contribution is 2.35. The minimum absolute atomic E-state index is 0.219. The van der Waals surface area contributed by atoms with Crippen LogP contribution in [0, 0.1) is 0 Å². The maximum absolute atomic E-state index is 11.7. The zero-order valence-corrected chi connectivity index (χ0v) is 10.8. The molecule has 1 aliphatic heterocycles. The highest BCUT2D eigenvalue weighted by molar-refractivity contribution is 5.88. The Hall–Kier alpha value is -2.63. The number of ether oxygens (including phenoxy) is 3. The Labute approximate surface area is 115 Å². The minimum atomic E-state index is -0.461. The Morgan fingerprint density at radius 2 is 2.10 bits per heavy atom. The minimum Gasteiger partial charge on any atom is -0.461 e. The summed E-state index contributed by atoms with van der Waals surface area (Å²) in [7, 11) is 0. The fraction of sp³-hybridized carbons (Fsp3) is 0.214. The number of hydrogen-bond acceptors (Lipinski definition) is 6. The molecule has 6 nitrogen and oxygen atoms in total. The fourth-order valence-electron chi connectivity index (χ4n) is 1.89. The molecule has 0 spiro atoms. The van der Waals surface area contributed by atoms with Gasteiger partial charge in [-0.25, -0.2) is 14.8 Å². The van der Waals surface area contributed by atoms with E-state index in [1.54, 1.807) is 13.0 Å². The predicted molar refractivity (Wildman–Crippen MR) is 69.5 cm³/mol. The van der Waals surface area contributed by atoms with Gasteiger partial charge in [-0.3, -0.25) is 0 Å². The lowest BCUT2D eigenvalue weighted by atomic mass is 10.1. The number of rotatable bonds is 3. The summed E-state index contributed by atoms with van der Waals surface area (Å²) in [5.74, 6) is 0.907. The first-order valence-corrected chi connectivity index (χ1v) is 6.17. The summed E-state index contributed by atoms with van der Waals surface area (Å²) in [6.07, 6.45) is 1.34. The van der Waals surface area contributed by atoms with Gasteiger partial charge in [0.25, 0.3) is 0 Å². The molecular weight excluding hydrogens is 260 g/mol. The van der Waals surface area contributed by atoms with Gasteiger partial charge in [-0.2, -0.15) is 0 Å². The molecule has 0 fully saturated rings. The van der Waals surface area contributed by atoms with Crippen molar-refractivity contribution in [1.82, 2.24) is 9.97 Å². The van der Waals surface area contributed by atoms with E-state index in [-0.39, 0.29) is 12.5 Å². The molecule has 0 aliphatic carbocycles. The van der Waals surface area contributed by atoms with Crippen molar-refractivity contribution in [2.75, 3.05) is 13.4 Å². The molecule has 0 amide bonds. The molecule has 1 aliphatic rings. The van der Waals surface area contributed by atoms with Gasteiger partial charge in [-0.05, 0) is 31.2 Å². The van der Waals surface area contributed by atoms with E-state index in [0.717, 1.165) is 5.56 Å². The van der Waals surface area contributed by atoms with Crippen molar-refractivity contribution < 1.29 is 19.0 Å². The molecule has 0 bridgehead atoms. The number of fused-ring (bicyclic) bond motifs is 1. The van der Waals surface area contributed by atoms with Crippen molar-refractivity contribution in [2.45, 2.75) is 6.92 Å². The molecule has 0 N–H and O–H groups in total. The van der Waals surface area contributed by atoms with E-state index in [4.69, 9.17) is 14.2 Å². The van der Waals surface area contributed by atoms with Crippen molar-refractivity contribution in [1.29, 1.82) is 0 Å². The van der Waals surface area contributed by atoms with Gasteiger partial charge < -0.3 is 14.2 Å². The molecule has 6 heteroatoms. The third-order valence-electron chi connectivity index (χ3n) is 2.82. The van der Waals surface area contributed by atoms with Crippen LogP contribution in [0.2, 0.25) is 0 Å². The van der Waals surface area contributed by atoms with Crippen LogP contribution >= 0.6 is 0 Å². The molecule has 2 aromatic rings. The van der Waals surface area contributed by atoms with Crippen molar-refractivity contribution in [3.8, 4) is 22.8 Å². The van der Waals surface area contributed by atoms with E-state index in [1.807, 2.05) is 18.2 Å². The molecule has 20 heavy (non-hydrogen) atoms. The summed E-state index contributed by atoms with van der Waals surface area (Å²) in [5, 5.41) is 0. The van der Waals surface area contributed by atoms with Crippen LogP contribution in [0.4, 0.5) is 0 Å². The maximum Gasteiger partial charge on any atom is 0.357 e. The largest absolute Gasteiger partial charge is 0.461 e. The summed E-state index contributed by atoms with van der Waals surface area (Å²) in [4.78, 5) is 19.7. The highest BCUT2D eigenvalue weighted by atomic mass is 16.7. The van der Waals surface area contributed by atoms with Crippen molar-refractivity contribution in [3.05, 3.63) is 36.3 Å². The van der Waals surface area contributed by atoms with Crippen LogP contribution in [0.5, 0.6) is 11.5 Å². The molecule has 102 valence electrons. The standard InChI is InChI=1S/C14H12N2O4/c1-2-18-14(17)11-6-10(15-7-16-11)9-3-4-12-13(5-9)20-8-19-12/h3-7H,2,8H2,1H3. The van der Waals surface area contributed by atoms with Gasteiger partial charge in [0.1, 0.15) is 6.33 Å². The van der Waals surface area contributed by atoms with Crippen molar-refractivity contribution >= 4 is 5.97 Å². The van der Waals surface area contributed by atoms with Gasteiger partial charge in [-0.1, -0.05) is 0 Å². The van der Waals surface area contributed by atoms with Gasteiger partial charge in [0.2, 0.25) is 6.79 Å². The van der Waals surface area contributed by atoms with E-state index < -0.39 is 5.97 Å². The third kappa shape index (κ3) is 2.27. The second-order valence-corrected chi connectivity index (χ2v) is 4.08. The maximum atomic E-state index is 11.7. The summed E-state index contributed by atoms with van der Waals surface area (Å²) >= 11 is 0. The number of carbonyl (C=O) groups is 1. The Balaban J connectivity index is 1.94. The van der Waals surface area contributed by atoms with E-state index in [0.29, 0.717) is 23.8 Å². The predicted octanol–water partition coefficient (Wildman–Crippen LogP) is 2.05. The van der Waals surface area contributed by atoms with Crippen LogP contribution in [0.3, 0.4) is 0 Å². The van der Waals surface area contributed by atoms with Crippen LogP contribution in [-0.4, -0.2) is 29.3 Å². The SMILES string of the molecule is CCOC(=O)c1cc(-c2ccc3c(c2)OCO3)ncn1. The van der Waals surface area contributed by atoms with Crippen LogP contribution in [-0.2, 0) is 4.74 Å². The Morgan fingerprint density at radius 1 is 1.25 bits per heavy atom. The lowest BCUT2D eigenvalue weighted by Gasteiger charge is -2.04. The van der Waals surface area contributed by atoms with E-state index in [1.165, 1.54) is 6.33 Å². The fourth-order valence-corrected chi connectivity index (χ4v) is 1.89.